The van der Waals surface area contributed by atoms with Crippen molar-refractivity contribution in [2.24, 2.45) is 0 Å². The van der Waals surface area contributed by atoms with Gasteiger partial charge in [-0.05, 0) is 29.8 Å². The van der Waals surface area contributed by atoms with E-state index in [9.17, 15) is 5.11 Å². The van der Waals surface area contributed by atoms with Crippen molar-refractivity contribution >= 4 is 28.3 Å². The van der Waals surface area contributed by atoms with E-state index in [0.29, 0.717) is 33.7 Å². The maximum Gasteiger partial charge on any atom is 0.179 e. The molecule has 7 heteroatoms. The fraction of sp³-hybridized carbons (Fsp3) is 0.294. The number of pyridine rings is 1. The predicted molar refractivity (Wildman–Crippen MR) is 98.3 cm³/mol. The summed E-state index contributed by atoms with van der Waals surface area (Å²) < 4.78 is 11.4. The third-order valence-corrected chi connectivity index (χ3v) is 5.55. The van der Waals surface area contributed by atoms with Crippen LogP contribution >= 0.6 is 24.0 Å². The van der Waals surface area contributed by atoms with Crippen molar-refractivity contribution < 1.29 is 14.6 Å². The Balaban J connectivity index is 2.02. The monoisotopic (exact) mass is 362 g/mol. The van der Waals surface area contributed by atoms with Gasteiger partial charge in [-0.3, -0.25) is 4.98 Å². The van der Waals surface area contributed by atoms with Crippen LogP contribution in [0, 0.1) is 0 Å². The second-order valence-corrected chi connectivity index (χ2v) is 6.99. The fourth-order valence-corrected chi connectivity index (χ4v) is 4.09. The molecule has 1 aliphatic rings. The summed E-state index contributed by atoms with van der Waals surface area (Å²) in [6.07, 6.45) is 3.49. The van der Waals surface area contributed by atoms with E-state index in [1.54, 1.807) is 49.7 Å². The molecule has 1 saturated heterocycles. The van der Waals surface area contributed by atoms with Crippen molar-refractivity contribution in [3.8, 4) is 11.5 Å². The number of aliphatic hydroxyl groups is 1. The fourth-order valence-electron chi connectivity index (χ4n) is 2.69. The number of rotatable bonds is 5. The van der Waals surface area contributed by atoms with E-state index in [4.69, 9.17) is 21.7 Å². The van der Waals surface area contributed by atoms with E-state index in [-0.39, 0.29) is 0 Å². The molecule has 24 heavy (non-hydrogen) atoms. The molecular weight excluding hydrogens is 344 g/mol. The summed E-state index contributed by atoms with van der Waals surface area (Å²) >= 11 is 6.92. The highest BCUT2D eigenvalue weighted by molar-refractivity contribution is 8.23. The van der Waals surface area contributed by atoms with Crippen molar-refractivity contribution in [1.82, 2.24) is 9.88 Å². The maximum atomic E-state index is 11.4. The molecule has 1 aromatic heterocycles. The van der Waals surface area contributed by atoms with Crippen molar-refractivity contribution in [2.45, 2.75) is 12.3 Å². The van der Waals surface area contributed by atoms with Crippen LogP contribution in [0.4, 0.5) is 0 Å². The molecule has 1 unspecified atom stereocenters. The van der Waals surface area contributed by atoms with Crippen LogP contribution in [0.3, 0.4) is 0 Å². The van der Waals surface area contributed by atoms with Gasteiger partial charge in [0.05, 0.1) is 25.5 Å². The summed E-state index contributed by atoms with van der Waals surface area (Å²) in [5, 5.41) is 11.4. The van der Waals surface area contributed by atoms with Gasteiger partial charge in [0.1, 0.15) is 15.8 Å². The van der Waals surface area contributed by atoms with Gasteiger partial charge < -0.3 is 19.5 Å². The quantitative estimate of drug-likeness (QED) is 0.821. The number of benzene rings is 1. The molecule has 0 saturated carbocycles. The molecule has 1 atom stereocenters. The molecule has 1 fully saturated rings. The van der Waals surface area contributed by atoms with E-state index in [2.05, 4.69) is 4.98 Å². The van der Waals surface area contributed by atoms with E-state index in [1.165, 1.54) is 11.8 Å². The first-order valence-corrected chi connectivity index (χ1v) is 8.76. The van der Waals surface area contributed by atoms with Gasteiger partial charge in [0, 0.05) is 18.9 Å². The zero-order valence-electron chi connectivity index (χ0n) is 13.4. The summed E-state index contributed by atoms with van der Waals surface area (Å²) in [7, 11) is 3.18. The zero-order chi connectivity index (χ0) is 17.2. The highest BCUT2D eigenvalue weighted by Crippen LogP contribution is 2.44. The van der Waals surface area contributed by atoms with Crippen LogP contribution in [0.25, 0.3) is 0 Å². The number of methoxy groups -OCH3 is 2. The smallest absolute Gasteiger partial charge is 0.179 e. The number of thiocarbonyl (C=S) groups is 1. The maximum absolute atomic E-state index is 11.4. The summed E-state index contributed by atoms with van der Waals surface area (Å²) in [4.78, 5) is 5.94. The molecule has 1 N–H and O–H groups in total. The van der Waals surface area contributed by atoms with Crippen molar-refractivity contribution in [3.05, 3.63) is 53.9 Å². The molecule has 0 bridgehead atoms. The predicted octanol–water partition coefficient (Wildman–Crippen LogP) is 2.78. The van der Waals surface area contributed by atoms with Gasteiger partial charge >= 0.3 is 0 Å². The van der Waals surface area contributed by atoms with Crippen LogP contribution in [-0.4, -0.2) is 39.3 Å². The van der Waals surface area contributed by atoms with Gasteiger partial charge in [-0.15, -0.1) is 0 Å². The first-order chi connectivity index (χ1) is 11.6. The Kier molecular flexibility index (Phi) is 4.93. The molecule has 2 aromatic rings. The first-order valence-electron chi connectivity index (χ1n) is 7.36. The van der Waals surface area contributed by atoms with E-state index in [1.807, 2.05) is 12.1 Å². The van der Waals surface area contributed by atoms with Crippen molar-refractivity contribution in [2.75, 3.05) is 20.0 Å². The minimum atomic E-state index is -1.27. The molecule has 0 amide bonds. The molecule has 3 rings (SSSR count). The van der Waals surface area contributed by atoms with Gasteiger partial charge in [0.2, 0.25) is 0 Å². The molecule has 126 valence electrons. The molecule has 0 aliphatic carbocycles. The number of hydrogen-bond acceptors (Lipinski definition) is 6. The highest BCUT2D eigenvalue weighted by atomic mass is 32.2. The van der Waals surface area contributed by atoms with Crippen molar-refractivity contribution in [1.29, 1.82) is 0 Å². The summed E-state index contributed by atoms with van der Waals surface area (Å²) in [5.41, 5.74) is 0.348. The van der Waals surface area contributed by atoms with Gasteiger partial charge in [-0.25, -0.2) is 0 Å². The molecular formula is C17H18N2O3S2. The Morgan fingerprint density at radius 2 is 2.17 bits per heavy atom. The molecule has 2 heterocycles. The first kappa shape index (κ1) is 17.0. The minimum absolute atomic E-state index is 0.426. The minimum Gasteiger partial charge on any atom is -0.497 e. The standard InChI is InChI=1S/C17H18N2O3S2/c1-21-13-5-6-15(22-2)14(8-13)17(20)11-24-16(23)19(17)10-12-4-3-7-18-9-12/h3-9,20H,10-11H2,1-2H3. The SMILES string of the molecule is COc1ccc(OC)c(C2(O)CSC(=S)N2Cc2cccnc2)c1. The second kappa shape index (κ2) is 6.96. The van der Waals surface area contributed by atoms with E-state index in [0.717, 1.165) is 5.56 Å². The Morgan fingerprint density at radius 1 is 1.33 bits per heavy atom. The second-order valence-electron chi connectivity index (χ2n) is 5.38. The van der Waals surface area contributed by atoms with Gasteiger partial charge in [-0.2, -0.15) is 0 Å². The average molecular weight is 362 g/mol. The van der Waals surface area contributed by atoms with Gasteiger partial charge in [0.25, 0.3) is 0 Å². The lowest BCUT2D eigenvalue weighted by atomic mass is 10.0. The Hall–Kier alpha value is -1.83. The van der Waals surface area contributed by atoms with E-state index >= 15 is 0 Å². The molecule has 1 aliphatic heterocycles. The number of hydrogen-bond donors (Lipinski definition) is 1. The van der Waals surface area contributed by atoms with Crippen LogP contribution in [0.5, 0.6) is 11.5 Å². The normalized spacial score (nSPS) is 20.3. The van der Waals surface area contributed by atoms with Crippen LogP contribution in [0.1, 0.15) is 11.1 Å². The zero-order valence-corrected chi connectivity index (χ0v) is 15.1. The molecule has 5 nitrogen and oxygen atoms in total. The lowest BCUT2D eigenvalue weighted by Crippen LogP contribution is -2.44. The molecule has 0 radical (unpaired) electrons. The third kappa shape index (κ3) is 3.07. The van der Waals surface area contributed by atoms with Crippen LogP contribution < -0.4 is 9.47 Å². The van der Waals surface area contributed by atoms with Crippen LogP contribution in [-0.2, 0) is 12.3 Å². The number of ether oxygens (including phenoxy) is 2. The van der Waals surface area contributed by atoms with Gasteiger partial charge in [0.15, 0.2) is 5.72 Å². The summed E-state index contributed by atoms with van der Waals surface area (Å²) in [6, 6.07) is 9.22. The Labute approximate surface area is 150 Å². The number of thioether (sulfide) groups is 1. The Bertz CT molecular complexity index is 742. The van der Waals surface area contributed by atoms with Crippen molar-refractivity contribution in [3.63, 3.8) is 0 Å². The average Bonchev–Trinajstić information content (AvgIpc) is 2.91. The number of nitrogens with zero attached hydrogens (tertiary/aromatic N) is 2. The molecule has 1 aromatic carbocycles. The van der Waals surface area contributed by atoms with Gasteiger partial charge in [-0.1, -0.05) is 30.0 Å². The van der Waals surface area contributed by atoms with Crippen LogP contribution in [0.15, 0.2) is 42.7 Å². The summed E-state index contributed by atoms with van der Waals surface area (Å²) in [6.45, 7) is 0.469. The Morgan fingerprint density at radius 3 is 2.83 bits per heavy atom. The third-order valence-electron chi connectivity index (χ3n) is 3.97. The van der Waals surface area contributed by atoms with E-state index < -0.39 is 5.72 Å². The summed E-state index contributed by atoms with van der Waals surface area (Å²) in [5.74, 6) is 1.68. The lowest BCUT2D eigenvalue weighted by molar-refractivity contribution is -0.0525. The lowest BCUT2D eigenvalue weighted by Gasteiger charge is -2.35. The molecule has 0 spiro atoms. The van der Waals surface area contributed by atoms with Crippen LogP contribution in [0.2, 0.25) is 0 Å². The number of aromatic nitrogens is 1. The highest BCUT2D eigenvalue weighted by Gasteiger charge is 2.46. The topological polar surface area (TPSA) is 54.8 Å². The largest absolute Gasteiger partial charge is 0.497 e.